The quantitative estimate of drug-likeness (QED) is 0.719. The van der Waals surface area contributed by atoms with Crippen molar-refractivity contribution < 1.29 is 41.7 Å². The summed E-state index contributed by atoms with van der Waals surface area (Å²) in [5.74, 6) is -0.945. The van der Waals surface area contributed by atoms with Crippen LogP contribution in [0, 0.1) is 0 Å². The summed E-state index contributed by atoms with van der Waals surface area (Å²) >= 11 is 0. The molecule has 0 atom stereocenters. The van der Waals surface area contributed by atoms with Crippen molar-refractivity contribution in [2.75, 3.05) is 39.4 Å². The Morgan fingerprint density at radius 1 is 1.12 bits per heavy atom. The number of nitrogens with one attached hydrogen (secondary N) is 1. The lowest BCUT2D eigenvalue weighted by atomic mass is 10.2. The fourth-order valence-electron chi connectivity index (χ4n) is 1.53. The topological polar surface area (TPSA) is 83.1 Å². The summed E-state index contributed by atoms with van der Waals surface area (Å²) in [7, 11) is 2.86. The van der Waals surface area contributed by atoms with Crippen molar-refractivity contribution in [2.24, 2.45) is 0 Å². The molecule has 134 valence electrons. The van der Waals surface area contributed by atoms with Crippen LogP contribution in [0.3, 0.4) is 0 Å². The second-order valence-electron chi connectivity index (χ2n) is 4.38. The van der Waals surface area contributed by atoms with Crippen molar-refractivity contribution in [3.63, 3.8) is 0 Å². The third-order valence-corrected chi connectivity index (χ3v) is 2.53. The zero-order valence-corrected chi connectivity index (χ0v) is 12.9. The molecule has 1 aromatic rings. The molecule has 0 unspecified atom stereocenters. The van der Waals surface area contributed by atoms with E-state index >= 15 is 0 Å². The minimum atomic E-state index is -4.54. The first-order chi connectivity index (χ1) is 11.2. The molecule has 0 saturated carbocycles. The highest BCUT2D eigenvalue weighted by Gasteiger charge is 2.28. The van der Waals surface area contributed by atoms with Gasteiger partial charge in [0.2, 0.25) is 0 Å². The molecule has 10 heteroatoms. The molecule has 0 bridgehead atoms. The number of anilines is 1. The molecule has 0 aromatic heterocycles. The average Bonchev–Trinajstić information content (AvgIpc) is 2.52. The summed E-state index contributed by atoms with van der Waals surface area (Å²) in [4.78, 5) is 22.8. The van der Waals surface area contributed by atoms with Crippen LogP contribution < -0.4 is 14.8 Å². The molecule has 7 nitrogen and oxygen atoms in total. The molecule has 0 heterocycles. The van der Waals surface area contributed by atoms with E-state index in [-0.39, 0.29) is 0 Å². The van der Waals surface area contributed by atoms with Crippen LogP contribution in [0.4, 0.5) is 18.9 Å². The number of carbonyl (C=O) groups is 2. The lowest BCUT2D eigenvalue weighted by molar-refractivity contribution is -0.181. The van der Waals surface area contributed by atoms with Crippen LogP contribution in [0.15, 0.2) is 18.2 Å². The van der Waals surface area contributed by atoms with Gasteiger partial charge in [-0.25, -0.2) is 4.79 Å². The van der Waals surface area contributed by atoms with Crippen LogP contribution in [0.25, 0.3) is 0 Å². The highest BCUT2D eigenvalue weighted by atomic mass is 19.4. The summed E-state index contributed by atoms with van der Waals surface area (Å²) in [5.41, 5.74) is 0.313. The number of benzene rings is 1. The molecule has 1 aromatic carbocycles. The molecule has 0 saturated heterocycles. The first-order valence-corrected chi connectivity index (χ1v) is 6.57. The van der Waals surface area contributed by atoms with E-state index in [9.17, 15) is 22.8 Å². The Bertz CT molecular complexity index is 576. The smallest absolute Gasteiger partial charge is 0.411 e. The molecule has 24 heavy (non-hydrogen) atoms. The number of hydrogen-bond donors (Lipinski definition) is 1. The monoisotopic (exact) mass is 351 g/mol. The van der Waals surface area contributed by atoms with Crippen LogP contribution in [0.1, 0.15) is 0 Å². The van der Waals surface area contributed by atoms with Gasteiger partial charge in [0.25, 0.3) is 5.91 Å². The number of halogens is 3. The molecular weight excluding hydrogens is 335 g/mol. The number of alkyl halides is 3. The molecule has 0 aliphatic rings. The molecule has 0 radical (unpaired) electrons. The third kappa shape index (κ3) is 7.18. The molecule has 1 N–H and O–H groups in total. The Morgan fingerprint density at radius 2 is 1.83 bits per heavy atom. The zero-order chi connectivity index (χ0) is 18.2. The number of amides is 1. The average molecular weight is 351 g/mol. The van der Waals surface area contributed by atoms with Gasteiger partial charge in [-0.1, -0.05) is 0 Å². The Labute approximate surface area is 135 Å². The van der Waals surface area contributed by atoms with Crippen LogP contribution in [-0.2, 0) is 19.1 Å². The fraction of sp³-hybridized carbons (Fsp3) is 0.429. The maximum atomic E-state index is 11.8. The predicted molar refractivity (Wildman–Crippen MR) is 76.0 cm³/mol. The van der Waals surface area contributed by atoms with E-state index in [2.05, 4.69) is 14.8 Å². The number of hydrogen-bond acceptors (Lipinski definition) is 6. The predicted octanol–water partition coefficient (Wildman–Crippen LogP) is 1.76. The van der Waals surface area contributed by atoms with Gasteiger partial charge in [0.1, 0.15) is 24.7 Å². The molecule has 0 aliphatic heterocycles. The Balaban J connectivity index is 2.42. The van der Waals surface area contributed by atoms with Gasteiger partial charge in [0, 0.05) is 6.07 Å². The van der Waals surface area contributed by atoms with Crippen LogP contribution in [0.5, 0.6) is 11.5 Å². The van der Waals surface area contributed by atoms with E-state index in [0.717, 1.165) is 0 Å². The van der Waals surface area contributed by atoms with Crippen LogP contribution >= 0.6 is 0 Å². The maximum Gasteiger partial charge on any atom is 0.411 e. The highest BCUT2D eigenvalue weighted by molar-refractivity contribution is 5.94. The summed E-state index contributed by atoms with van der Waals surface area (Å²) in [6.45, 7) is -3.15. The van der Waals surface area contributed by atoms with Crippen molar-refractivity contribution in [3.8, 4) is 11.5 Å². The van der Waals surface area contributed by atoms with E-state index in [0.29, 0.717) is 17.2 Å². The van der Waals surface area contributed by atoms with Crippen molar-refractivity contribution in [1.29, 1.82) is 0 Å². The van der Waals surface area contributed by atoms with E-state index < -0.39 is 37.9 Å². The normalized spacial score (nSPS) is 10.9. The first kappa shape index (κ1) is 19.6. The van der Waals surface area contributed by atoms with Gasteiger partial charge < -0.3 is 24.3 Å². The zero-order valence-electron chi connectivity index (χ0n) is 12.9. The van der Waals surface area contributed by atoms with Crippen molar-refractivity contribution >= 4 is 17.6 Å². The van der Waals surface area contributed by atoms with Crippen LogP contribution in [0.2, 0.25) is 0 Å². The molecule has 0 fully saturated rings. The largest absolute Gasteiger partial charge is 0.497 e. The molecule has 0 spiro atoms. The second-order valence-corrected chi connectivity index (χ2v) is 4.38. The van der Waals surface area contributed by atoms with Crippen molar-refractivity contribution in [1.82, 2.24) is 0 Å². The number of esters is 1. The number of ether oxygens (including phenoxy) is 4. The fourth-order valence-corrected chi connectivity index (χ4v) is 1.53. The summed E-state index contributed by atoms with van der Waals surface area (Å²) in [5, 5.41) is 2.43. The number of methoxy groups -OCH3 is 2. The third-order valence-electron chi connectivity index (χ3n) is 2.53. The van der Waals surface area contributed by atoms with E-state index in [1.54, 1.807) is 6.07 Å². The van der Waals surface area contributed by atoms with E-state index in [4.69, 9.17) is 9.47 Å². The van der Waals surface area contributed by atoms with Gasteiger partial charge in [-0.2, -0.15) is 13.2 Å². The summed E-state index contributed by atoms with van der Waals surface area (Å²) in [6.07, 6.45) is -4.54. The summed E-state index contributed by atoms with van der Waals surface area (Å²) in [6, 6.07) is 4.63. The molecular formula is C14H16F3NO6. The van der Waals surface area contributed by atoms with Crippen molar-refractivity contribution in [3.05, 3.63) is 18.2 Å². The minimum Gasteiger partial charge on any atom is -0.497 e. The molecule has 1 rings (SSSR count). The van der Waals surface area contributed by atoms with Gasteiger partial charge in [0.05, 0.1) is 19.9 Å². The first-order valence-electron chi connectivity index (χ1n) is 6.57. The Hall–Kier alpha value is -2.49. The summed E-state index contributed by atoms with van der Waals surface area (Å²) < 4.78 is 54.2. The standard InChI is InChI=1S/C14H16F3NO6/c1-21-9-3-4-10(11(5-9)22-2)18-12(19)6-24-13(20)7-23-8-14(15,16)17/h3-5H,6-8H2,1-2H3,(H,18,19). The van der Waals surface area contributed by atoms with Gasteiger partial charge >= 0.3 is 12.1 Å². The van der Waals surface area contributed by atoms with Gasteiger partial charge in [0.15, 0.2) is 6.61 Å². The van der Waals surface area contributed by atoms with Crippen molar-refractivity contribution in [2.45, 2.75) is 6.18 Å². The molecule has 0 aliphatic carbocycles. The maximum absolute atomic E-state index is 11.8. The highest BCUT2D eigenvalue weighted by Crippen LogP contribution is 2.28. The second kappa shape index (κ2) is 8.96. The van der Waals surface area contributed by atoms with Crippen LogP contribution in [-0.4, -0.2) is 52.1 Å². The number of carbonyl (C=O) groups excluding carboxylic acids is 2. The van der Waals surface area contributed by atoms with E-state index in [1.807, 2.05) is 0 Å². The Morgan fingerprint density at radius 3 is 2.42 bits per heavy atom. The van der Waals surface area contributed by atoms with E-state index in [1.165, 1.54) is 26.4 Å². The number of rotatable bonds is 8. The lowest BCUT2D eigenvalue weighted by Crippen LogP contribution is -2.25. The van der Waals surface area contributed by atoms with Gasteiger partial charge in [-0.3, -0.25) is 4.79 Å². The SMILES string of the molecule is COc1ccc(NC(=O)COC(=O)COCC(F)(F)F)c(OC)c1. The van der Waals surface area contributed by atoms with Gasteiger partial charge in [-0.05, 0) is 12.1 Å². The lowest BCUT2D eigenvalue weighted by Gasteiger charge is -2.12. The molecule has 1 amide bonds. The minimum absolute atomic E-state index is 0.313. The van der Waals surface area contributed by atoms with Gasteiger partial charge in [-0.15, -0.1) is 0 Å². The Kier molecular flexibility index (Phi) is 7.31.